The minimum atomic E-state index is -6.09. The van der Waals surface area contributed by atoms with Gasteiger partial charge >= 0.3 is 26.7 Å². The zero-order valence-electron chi connectivity index (χ0n) is 11.6. The fraction of sp³-hybridized carbons (Fsp3) is 0.143. The van der Waals surface area contributed by atoms with Crippen molar-refractivity contribution in [3.8, 4) is 0 Å². The number of hydrogen-bond acceptors (Lipinski definition) is 3. The van der Waals surface area contributed by atoms with Crippen LogP contribution in [0.15, 0.2) is 36.4 Å². The minimum absolute atomic E-state index is 0.129. The molecule has 0 aliphatic carbocycles. The number of benzene rings is 2. The van der Waals surface area contributed by atoms with Gasteiger partial charge in [-0.25, -0.2) is 12.8 Å². The highest BCUT2D eigenvalue weighted by Crippen LogP contribution is 2.20. The molecule has 3 rings (SSSR count). The average molecular weight is 495 g/mol. The van der Waals surface area contributed by atoms with Crippen molar-refractivity contribution in [2.75, 3.05) is 0 Å². The molecule has 0 amide bonds. The zero-order valence-corrected chi connectivity index (χ0v) is 15.3. The largest absolute Gasteiger partial charge is 0.741 e. The predicted molar refractivity (Wildman–Crippen MR) is 73.8 cm³/mol. The van der Waals surface area contributed by atoms with Crippen LogP contribution in [-0.4, -0.2) is 18.5 Å². The average Bonchev–Trinajstić information content (AvgIpc) is 2.44. The van der Waals surface area contributed by atoms with Crippen LogP contribution in [0.5, 0.6) is 0 Å². The van der Waals surface area contributed by atoms with Crippen molar-refractivity contribution in [1.29, 1.82) is 0 Å². The maximum atomic E-state index is 13.1. The molecular formula is C14H8ClF4IO3S. The summed E-state index contributed by atoms with van der Waals surface area (Å²) >= 11 is 5.73. The van der Waals surface area contributed by atoms with E-state index in [9.17, 15) is 17.6 Å². The Kier molecular flexibility index (Phi) is 5.78. The number of halogens is 6. The molecule has 1 aliphatic heterocycles. The Hall–Kier alpha value is -0.910. The minimum Gasteiger partial charge on any atom is -0.741 e. The lowest BCUT2D eigenvalue weighted by Gasteiger charge is -2.08. The number of alkyl halides is 3. The lowest BCUT2D eigenvalue weighted by molar-refractivity contribution is -0.601. The van der Waals surface area contributed by atoms with Gasteiger partial charge in [0, 0.05) is 28.6 Å². The van der Waals surface area contributed by atoms with Crippen LogP contribution in [0.3, 0.4) is 0 Å². The van der Waals surface area contributed by atoms with Crippen LogP contribution in [0.2, 0.25) is 5.02 Å². The molecular weight excluding hydrogens is 487 g/mol. The van der Waals surface area contributed by atoms with E-state index in [1.807, 2.05) is 18.2 Å². The van der Waals surface area contributed by atoms with Gasteiger partial charge in [0.25, 0.3) is 0 Å². The first-order valence-electron chi connectivity index (χ1n) is 6.21. The normalized spacial score (nSPS) is 13.4. The van der Waals surface area contributed by atoms with Gasteiger partial charge in [-0.1, -0.05) is 17.7 Å². The third-order valence-electron chi connectivity index (χ3n) is 2.89. The first-order chi connectivity index (χ1) is 11.0. The third-order valence-corrected chi connectivity index (χ3v) is 6.91. The van der Waals surface area contributed by atoms with Crippen LogP contribution in [0, 0.1) is 13.0 Å². The molecule has 0 fully saturated rings. The quantitative estimate of drug-likeness (QED) is 0.199. The molecule has 0 unspecified atom stereocenters. The van der Waals surface area contributed by atoms with Gasteiger partial charge in [-0.2, -0.15) is 13.2 Å². The molecule has 2 aromatic carbocycles. The van der Waals surface area contributed by atoms with Crippen molar-refractivity contribution in [3.63, 3.8) is 0 Å². The lowest BCUT2D eigenvalue weighted by atomic mass is 10.1. The topological polar surface area (TPSA) is 57.2 Å². The first kappa shape index (κ1) is 19.4. The smallest absolute Gasteiger partial charge is 0.485 e. The Labute approximate surface area is 150 Å². The number of fused-ring (bicyclic) bond motifs is 2. The Morgan fingerprint density at radius 3 is 2.25 bits per heavy atom. The number of rotatable bonds is 0. The van der Waals surface area contributed by atoms with E-state index in [0.29, 0.717) is 0 Å². The van der Waals surface area contributed by atoms with Gasteiger partial charge in [0.05, 0.1) is 0 Å². The summed E-state index contributed by atoms with van der Waals surface area (Å²) in [5.74, 6) is -0.129. The van der Waals surface area contributed by atoms with Crippen LogP contribution in [0.4, 0.5) is 17.6 Å². The summed E-state index contributed by atoms with van der Waals surface area (Å²) in [4.78, 5) is 0. The Morgan fingerprint density at radius 1 is 1.04 bits per heavy atom. The second kappa shape index (κ2) is 7.14. The SMILES string of the molecule is Fc1ccc2c(c1)[I+]c1ccc(Cl)cc1C2.O=S(=O)([O-])C(F)(F)F. The van der Waals surface area contributed by atoms with Gasteiger partial charge in [-0.3, -0.25) is 0 Å². The molecule has 0 N–H and O–H groups in total. The number of hydrogen-bond donors (Lipinski definition) is 0. The molecule has 0 radical (unpaired) electrons. The molecule has 1 aliphatic rings. The predicted octanol–water partition coefficient (Wildman–Crippen LogP) is 0.563. The van der Waals surface area contributed by atoms with E-state index in [-0.39, 0.29) is 27.0 Å². The molecule has 130 valence electrons. The molecule has 10 heteroatoms. The highest BCUT2D eigenvalue weighted by Gasteiger charge is 2.37. The summed E-state index contributed by atoms with van der Waals surface area (Å²) < 4.78 is 74.6. The summed E-state index contributed by atoms with van der Waals surface area (Å²) in [6.07, 6.45) is 0.880. The monoisotopic (exact) mass is 494 g/mol. The van der Waals surface area contributed by atoms with Crippen molar-refractivity contribution < 1.29 is 51.7 Å². The van der Waals surface area contributed by atoms with E-state index in [4.69, 9.17) is 24.6 Å². The molecule has 24 heavy (non-hydrogen) atoms. The van der Waals surface area contributed by atoms with E-state index < -0.39 is 15.6 Å². The van der Waals surface area contributed by atoms with Crippen molar-refractivity contribution >= 4 is 21.7 Å². The Morgan fingerprint density at radius 2 is 1.67 bits per heavy atom. The molecule has 0 bridgehead atoms. The van der Waals surface area contributed by atoms with Gasteiger partial charge in [0.15, 0.2) is 13.7 Å². The van der Waals surface area contributed by atoms with E-state index in [1.165, 1.54) is 24.3 Å². The van der Waals surface area contributed by atoms with Crippen molar-refractivity contribution in [1.82, 2.24) is 0 Å². The molecule has 1 heterocycles. The molecule has 3 nitrogen and oxygen atoms in total. The van der Waals surface area contributed by atoms with Crippen molar-refractivity contribution in [2.24, 2.45) is 0 Å². The fourth-order valence-electron chi connectivity index (χ4n) is 1.84. The molecule has 0 saturated heterocycles. The second-order valence-electron chi connectivity index (χ2n) is 4.64. The molecule has 0 spiro atoms. The fourth-order valence-corrected chi connectivity index (χ4v) is 4.88. The second-order valence-corrected chi connectivity index (χ2v) is 9.31. The maximum Gasteiger partial charge on any atom is 0.485 e. The summed E-state index contributed by atoms with van der Waals surface area (Å²) in [6.45, 7) is 0. The van der Waals surface area contributed by atoms with Crippen molar-refractivity contribution in [3.05, 3.63) is 65.5 Å². The van der Waals surface area contributed by atoms with E-state index >= 15 is 0 Å². The van der Waals surface area contributed by atoms with Crippen LogP contribution >= 0.6 is 11.6 Å². The van der Waals surface area contributed by atoms with Crippen LogP contribution in [0.1, 0.15) is 11.1 Å². The van der Waals surface area contributed by atoms with Gasteiger partial charge < -0.3 is 4.55 Å². The molecule has 0 aromatic heterocycles. The van der Waals surface area contributed by atoms with Gasteiger partial charge in [0.2, 0.25) is 3.57 Å². The summed E-state index contributed by atoms with van der Waals surface area (Å²) in [6, 6.07) is 11.2. The standard InChI is InChI=1S/C13H8ClFI.CHF3O3S/c14-10-2-4-12-9(6-10)5-8-1-3-11(15)7-13(8)16-12;2-1(3,4)8(5,6)7/h1-4,6-7H,5H2;(H,5,6,7)/q+1;/p-1. The molecule has 0 atom stereocenters. The highest BCUT2D eigenvalue weighted by molar-refractivity contribution is 7.86. The Bertz CT molecular complexity index is 817. The van der Waals surface area contributed by atoms with E-state index in [0.717, 1.165) is 11.4 Å². The summed E-state index contributed by atoms with van der Waals surface area (Å²) in [5.41, 5.74) is -3.09. The van der Waals surface area contributed by atoms with Gasteiger partial charge in [0.1, 0.15) is 5.82 Å². The Balaban J connectivity index is 0.000000224. The summed E-state index contributed by atoms with van der Waals surface area (Å²) in [7, 11) is -6.09. The third kappa shape index (κ3) is 4.80. The summed E-state index contributed by atoms with van der Waals surface area (Å²) in [5, 5.41) is 0.785. The maximum absolute atomic E-state index is 13.1. The zero-order chi connectivity index (χ0) is 18.1. The van der Waals surface area contributed by atoms with Crippen LogP contribution < -0.4 is 21.2 Å². The lowest BCUT2D eigenvalue weighted by Crippen LogP contribution is -3.62. The molecule has 2 aromatic rings. The van der Waals surface area contributed by atoms with E-state index in [1.54, 1.807) is 6.07 Å². The van der Waals surface area contributed by atoms with Crippen LogP contribution in [-0.2, 0) is 16.5 Å². The van der Waals surface area contributed by atoms with Gasteiger partial charge in [-0.15, -0.1) is 0 Å². The van der Waals surface area contributed by atoms with Gasteiger partial charge in [-0.05, 0) is 24.3 Å². The highest BCUT2D eigenvalue weighted by atomic mass is 127. The van der Waals surface area contributed by atoms with Crippen molar-refractivity contribution in [2.45, 2.75) is 11.9 Å². The van der Waals surface area contributed by atoms with E-state index in [2.05, 4.69) is 6.07 Å². The first-order valence-corrected chi connectivity index (χ1v) is 10.2. The van der Waals surface area contributed by atoms with Crippen LogP contribution in [0.25, 0.3) is 0 Å². The molecule has 0 saturated carbocycles.